The summed E-state index contributed by atoms with van der Waals surface area (Å²) in [4.78, 5) is 0. The second-order valence-corrected chi connectivity index (χ2v) is 5.36. The second kappa shape index (κ2) is 8.21. The fourth-order valence-corrected chi connectivity index (χ4v) is 2.35. The fraction of sp³-hybridized carbons (Fsp3) is 0.647. The van der Waals surface area contributed by atoms with Crippen LogP contribution in [0.15, 0.2) is 24.3 Å². The Balaban J connectivity index is 1.64. The van der Waals surface area contributed by atoms with Gasteiger partial charge in [0.05, 0.1) is 0 Å². The van der Waals surface area contributed by atoms with Crippen molar-refractivity contribution in [3.05, 3.63) is 29.8 Å². The van der Waals surface area contributed by atoms with E-state index in [1.54, 1.807) is 0 Å². The Bertz CT molecular complexity index is 358. The average Bonchev–Trinajstić information content (AvgIpc) is 3.23. The third-order valence-electron chi connectivity index (χ3n) is 3.58. The smallest absolute Gasteiger partial charge is 0.223 e. The first-order valence-corrected chi connectivity index (χ1v) is 7.76. The quantitative estimate of drug-likeness (QED) is 0.450. The molecule has 0 aromatic heterocycles. The fourth-order valence-electron chi connectivity index (χ4n) is 2.35. The molecule has 1 saturated heterocycles. The molecule has 1 fully saturated rings. The maximum Gasteiger partial charge on any atom is 0.223 e. The zero-order chi connectivity index (χ0) is 13.3. The first-order chi connectivity index (χ1) is 9.40. The van der Waals surface area contributed by atoms with Gasteiger partial charge in [-0.3, -0.25) is 0 Å². The monoisotopic (exact) mass is 262 g/mol. The molecule has 0 amide bonds. The van der Waals surface area contributed by atoms with Gasteiger partial charge in [0, 0.05) is 0 Å². The van der Waals surface area contributed by atoms with Crippen LogP contribution < -0.4 is 4.74 Å². The van der Waals surface area contributed by atoms with Crippen molar-refractivity contribution >= 4 is 0 Å². The Morgan fingerprint density at radius 1 is 1.05 bits per heavy atom. The highest BCUT2D eigenvalue weighted by Crippen LogP contribution is 2.25. The highest BCUT2D eigenvalue weighted by Gasteiger charge is 2.25. The molecule has 1 aliphatic rings. The summed E-state index contributed by atoms with van der Waals surface area (Å²) in [5, 5.41) is 0. The number of hydrogen-bond acceptors (Lipinski definition) is 2. The van der Waals surface area contributed by atoms with E-state index in [4.69, 9.17) is 9.47 Å². The highest BCUT2D eigenvalue weighted by atomic mass is 16.8. The number of aryl methyl sites for hydroxylation is 1. The lowest BCUT2D eigenvalue weighted by Crippen LogP contribution is -2.01. The lowest BCUT2D eigenvalue weighted by atomic mass is 10.0. The molecule has 106 valence electrons. The molecule has 1 unspecified atom stereocenters. The van der Waals surface area contributed by atoms with Crippen LogP contribution in [-0.2, 0) is 11.2 Å². The van der Waals surface area contributed by atoms with Crippen LogP contribution in [0, 0.1) is 0 Å². The molecule has 1 aromatic carbocycles. The number of epoxide rings is 1. The van der Waals surface area contributed by atoms with Gasteiger partial charge in [-0.25, -0.2) is 0 Å². The summed E-state index contributed by atoms with van der Waals surface area (Å²) in [5.74, 6) is 1.01. The van der Waals surface area contributed by atoms with Gasteiger partial charge in [0.2, 0.25) is 6.29 Å². The SMILES string of the molecule is CCCCCCCCCc1ccccc1OC1CO1. The number of rotatable bonds is 10. The molecule has 1 heterocycles. The number of para-hydroxylation sites is 1. The van der Waals surface area contributed by atoms with Gasteiger partial charge in [-0.15, -0.1) is 0 Å². The van der Waals surface area contributed by atoms with Crippen molar-refractivity contribution in [3.63, 3.8) is 0 Å². The first kappa shape index (κ1) is 14.4. The van der Waals surface area contributed by atoms with E-state index in [0.717, 1.165) is 18.8 Å². The zero-order valence-electron chi connectivity index (χ0n) is 12.1. The largest absolute Gasteiger partial charge is 0.462 e. The number of benzene rings is 1. The molecule has 0 radical (unpaired) electrons. The molecule has 1 aromatic rings. The molecule has 0 bridgehead atoms. The van der Waals surface area contributed by atoms with Crippen molar-refractivity contribution in [3.8, 4) is 5.75 Å². The summed E-state index contributed by atoms with van der Waals surface area (Å²) in [6, 6.07) is 8.36. The van der Waals surface area contributed by atoms with Crippen molar-refractivity contribution < 1.29 is 9.47 Å². The van der Waals surface area contributed by atoms with E-state index in [-0.39, 0.29) is 6.29 Å². The zero-order valence-corrected chi connectivity index (χ0v) is 12.1. The molecule has 2 rings (SSSR count). The van der Waals surface area contributed by atoms with Crippen LogP contribution in [0.2, 0.25) is 0 Å². The van der Waals surface area contributed by atoms with Crippen LogP contribution in [0.4, 0.5) is 0 Å². The minimum Gasteiger partial charge on any atom is -0.462 e. The number of ether oxygens (including phenoxy) is 2. The number of unbranched alkanes of at least 4 members (excludes halogenated alkanes) is 6. The summed E-state index contributed by atoms with van der Waals surface area (Å²) >= 11 is 0. The summed E-state index contributed by atoms with van der Waals surface area (Å²) in [7, 11) is 0. The third kappa shape index (κ3) is 5.65. The van der Waals surface area contributed by atoms with Gasteiger partial charge in [-0.05, 0) is 24.5 Å². The molecule has 0 aliphatic carbocycles. The van der Waals surface area contributed by atoms with Crippen LogP contribution in [0.25, 0.3) is 0 Å². The van der Waals surface area contributed by atoms with Crippen LogP contribution in [0.1, 0.15) is 57.4 Å². The molecular formula is C17H26O2. The maximum absolute atomic E-state index is 5.74. The topological polar surface area (TPSA) is 21.8 Å². The van der Waals surface area contributed by atoms with Crippen molar-refractivity contribution in [2.75, 3.05) is 6.61 Å². The lowest BCUT2D eigenvalue weighted by Gasteiger charge is -2.09. The van der Waals surface area contributed by atoms with Crippen LogP contribution in [0.5, 0.6) is 5.75 Å². The van der Waals surface area contributed by atoms with Crippen LogP contribution in [-0.4, -0.2) is 12.9 Å². The van der Waals surface area contributed by atoms with Crippen molar-refractivity contribution in [1.82, 2.24) is 0 Å². The molecule has 19 heavy (non-hydrogen) atoms. The van der Waals surface area contributed by atoms with Crippen molar-refractivity contribution in [2.45, 2.75) is 64.6 Å². The summed E-state index contributed by atoms with van der Waals surface area (Å²) in [6.45, 7) is 3.01. The van der Waals surface area contributed by atoms with E-state index < -0.39 is 0 Å². The summed E-state index contributed by atoms with van der Waals surface area (Å²) in [5.41, 5.74) is 1.33. The Morgan fingerprint density at radius 2 is 1.74 bits per heavy atom. The number of hydrogen-bond donors (Lipinski definition) is 0. The van der Waals surface area contributed by atoms with Gasteiger partial charge in [0.25, 0.3) is 0 Å². The lowest BCUT2D eigenvalue weighted by molar-refractivity contribution is 0.177. The van der Waals surface area contributed by atoms with E-state index in [0.29, 0.717) is 0 Å². The van der Waals surface area contributed by atoms with Gasteiger partial charge in [0.1, 0.15) is 12.4 Å². The standard InChI is InChI=1S/C17H26O2/c1-2-3-4-5-6-7-8-11-15-12-9-10-13-16(15)19-17-14-18-17/h9-10,12-13,17H,2-8,11,14H2,1H3. The Labute approximate surface area is 117 Å². The molecule has 0 N–H and O–H groups in total. The first-order valence-electron chi connectivity index (χ1n) is 7.76. The highest BCUT2D eigenvalue weighted by molar-refractivity contribution is 5.33. The Morgan fingerprint density at radius 3 is 2.47 bits per heavy atom. The molecule has 2 nitrogen and oxygen atoms in total. The van der Waals surface area contributed by atoms with E-state index in [9.17, 15) is 0 Å². The minimum atomic E-state index is 0.00944. The van der Waals surface area contributed by atoms with Gasteiger partial charge >= 0.3 is 0 Å². The van der Waals surface area contributed by atoms with E-state index in [1.807, 2.05) is 6.07 Å². The van der Waals surface area contributed by atoms with Gasteiger partial charge in [-0.2, -0.15) is 0 Å². The second-order valence-electron chi connectivity index (χ2n) is 5.36. The van der Waals surface area contributed by atoms with Gasteiger partial charge in [-0.1, -0.05) is 63.6 Å². The molecule has 0 spiro atoms. The minimum absolute atomic E-state index is 0.00944. The van der Waals surface area contributed by atoms with Gasteiger partial charge in [0.15, 0.2) is 0 Å². The van der Waals surface area contributed by atoms with Crippen molar-refractivity contribution in [2.24, 2.45) is 0 Å². The molecule has 2 heteroatoms. The molecular weight excluding hydrogens is 236 g/mol. The molecule has 1 aliphatic heterocycles. The maximum atomic E-state index is 5.74. The third-order valence-corrected chi connectivity index (χ3v) is 3.58. The summed E-state index contributed by atoms with van der Waals surface area (Å²) < 4.78 is 10.9. The predicted octanol–water partition coefficient (Wildman–Crippen LogP) is 4.71. The van der Waals surface area contributed by atoms with Gasteiger partial charge < -0.3 is 9.47 Å². The molecule has 0 saturated carbocycles. The normalized spacial score (nSPS) is 17.4. The van der Waals surface area contributed by atoms with Crippen LogP contribution in [0.3, 0.4) is 0 Å². The Hall–Kier alpha value is -1.02. The van der Waals surface area contributed by atoms with E-state index in [1.165, 1.54) is 50.5 Å². The van der Waals surface area contributed by atoms with Crippen molar-refractivity contribution in [1.29, 1.82) is 0 Å². The average molecular weight is 262 g/mol. The van der Waals surface area contributed by atoms with Crippen LogP contribution >= 0.6 is 0 Å². The predicted molar refractivity (Wildman–Crippen MR) is 78.5 cm³/mol. The Kier molecular flexibility index (Phi) is 6.22. The molecule has 1 atom stereocenters. The summed E-state index contributed by atoms with van der Waals surface area (Å²) in [6.07, 6.45) is 10.6. The van der Waals surface area contributed by atoms with E-state index >= 15 is 0 Å². The van der Waals surface area contributed by atoms with E-state index in [2.05, 4.69) is 25.1 Å².